The zero-order chi connectivity index (χ0) is 15.5. The molecule has 0 saturated carbocycles. The number of carbonyl (C=O) groups excluding carboxylic acids is 3. The van der Waals surface area contributed by atoms with Crippen LogP contribution in [0.2, 0.25) is 0 Å². The lowest BCUT2D eigenvalue weighted by Gasteiger charge is -2.41. The minimum atomic E-state index is -0.729. The Kier molecular flexibility index (Phi) is 4.23. The van der Waals surface area contributed by atoms with Gasteiger partial charge >= 0.3 is 0 Å². The molecule has 1 saturated heterocycles. The summed E-state index contributed by atoms with van der Waals surface area (Å²) in [6.45, 7) is 1.90. The van der Waals surface area contributed by atoms with E-state index in [0.29, 0.717) is 11.3 Å². The zero-order valence-electron chi connectivity index (χ0n) is 11.6. The Bertz CT molecular complexity index is 581. The average molecular weight is 291 g/mol. The Morgan fingerprint density at radius 1 is 1.33 bits per heavy atom. The number of primary amides is 1. The van der Waals surface area contributed by atoms with E-state index in [4.69, 9.17) is 10.5 Å². The van der Waals surface area contributed by atoms with Gasteiger partial charge in [-0.1, -0.05) is 6.07 Å². The van der Waals surface area contributed by atoms with Crippen LogP contribution in [-0.2, 0) is 14.3 Å². The molecule has 0 bridgehead atoms. The molecule has 7 heteroatoms. The molecule has 0 unspecified atom stereocenters. The first-order valence-electron chi connectivity index (χ1n) is 6.46. The number of hydrogen-bond donors (Lipinski definition) is 3. The van der Waals surface area contributed by atoms with Crippen LogP contribution in [0.3, 0.4) is 0 Å². The van der Waals surface area contributed by atoms with E-state index in [-0.39, 0.29) is 31.4 Å². The maximum absolute atomic E-state index is 12.2. The maximum atomic E-state index is 12.2. The van der Waals surface area contributed by atoms with Crippen LogP contribution in [0.1, 0.15) is 23.7 Å². The van der Waals surface area contributed by atoms with Crippen molar-refractivity contribution in [3.63, 3.8) is 0 Å². The van der Waals surface area contributed by atoms with Gasteiger partial charge in [-0.3, -0.25) is 14.4 Å². The molecule has 0 radical (unpaired) electrons. The fourth-order valence-corrected chi connectivity index (χ4v) is 2.15. The monoisotopic (exact) mass is 291 g/mol. The standard InChI is InChI=1S/C14H17N3O4/c1-9(18)16-11-4-2-3-10(5-11)13(20)17-14(6-12(15)19)7-21-8-14/h2-5H,6-8H2,1H3,(H2,15,19)(H,16,18)(H,17,20). The van der Waals surface area contributed by atoms with Gasteiger partial charge < -0.3 is 21.1 Å². The summed E-state index contributed by atoms with van der Waals surface area (Å²) in [6, 6.07) is 6.54. The molecule has 3 amide bonds. The number of anilines is 1. The van der Waals surface area contributed by atoms with Crippen molar-refractivity contribution in [1.29, 1.82) is 0 Å². The zero-order valence-corrected chi connectivity index (χ0v) is 11.6. The van der Waals surface area contributed by atoms with Gasteiger partial charge in [0.05, 0.1) is 25.2 Å². The summed E-state index contributed by atoms with van der Waals surface area (Å²) in [7, 11) is 0. The third kappa shape index (κ3) is 3.79. The predicted molar refractivity (Wildman–Crippen MR) is 75.6 cm³/mol. The van der Waals surface area contributed by atoms with E-state index in [2.05, 4.69) is 10.6 Å². The maximum Gasteiger partial charge on any atom is 0.251 e. The van der Waals surface area contributed by atoms with Crippen molar-refractivity contribution in [3.05, 3.63) is 29.8 Å². The lowest BCUT2D eigenvalue weighted by atomic mass is 9.92. The topological polar surface area (TPSA) is 111 Å². The number of benzene rings is 1. The van der Waals surface area contributed by atoms with Gasteiger partial charge in [0.15, 0.2) is 0 Å². The lowest BCUT2D eigenvalue weighted by Crippen LogP contribution is -2.63. The largest absolute Gasteiger partial charge is 0.376 e. The van der Waals surface area contributed by atoms with Crippen molar-refractivity contribution < 1.29 is 19.1 Å². The molecular weight excluding hydrogens is 274 g/mol. The molecule has 0 aliphatic carbocycles. The summed E-state index contributed by atoms with van der Waals surface area (Å²) in [4.78, 5) is 34.3. The van der Waals surface area contributed by atoms with Crippen LogP contribution >= 0.6 is 0 Å². The number of ether oxygens (including phenoxy) is 1. The van der Waals surface area contributed by atoms with Gasteiger partial charge in [0.25, 0.3) is 5.91 Å². The highest BCUT2D eigenvalue weighted by molar-refractivity contribution is 5.97. The summed E-state index contributed by atoms with van der Waals surface area (Å²) in [5.74, 6) is -1.05. The fraction of sp³-hybridized carbons (Fsp3) is 0.357. The van der Waals surface area contributed by atoms with Crippen molar-refractivity contribution in [2.75, 3.05) is 18.5 Å². The first kappa shape index (κ1) is 15.0. The van der Waals surface area contributed by atoms with E-state index in [9.17, 15) is 14.4 Å². The van der Waals surface area contributed by atoms with E-state index in [1.54, 1.807) is 24.3 Å². The van der Waals surface area contributed by atoms with Crippen molar-refractivity contribution in [2.45, 2.75) is 18.9 Å². The Labute approximate surface area is 121 Å². The quantitative estimate of drug-likeness (QED) is 0.710. The van der Waals surface area contributed by atoms with Crippen molar-refractivity contribution in [2.24, 2.45) is 5.73 Å². The summed E-state index contributed by atoms with van der Waals surface area (Å²) < 4.78 is 5.07. The molecule has 0 atom stereocenters. The Balaban J connectivity index is 2.09. The SMILES string of the molecule is CC(=O)Nc1cccc(C(=O)NC2(CC(N)=O)COC2)c1. The van der Waals surface area contributed by atoms with E-state index in [0.717, 1.165) is 0 Å². The molecular formula is C14H17N3O4. The van der Waals surface area contributed by atoms with Crippen LogP contribution in [0.15, 0.2) is 24.3 Å². The molecule has 21 heavy (non-hydrogen) atoms. The lowest BCUT2D eigenvalue weighted by molar-refractivity contribution is -0.127. The van der Waals surface area contributed by atoms with Gasteiger partial charge in [-0.15, -0.1) is 0 Å². The van der Waals surface area contributed by atoms with Gasteiger partial charge in [0.2, 0.25) is 11.8 Å². The molecule has 0 spiro atoms. The van der Waals surface area contributed by atoms with Gasteiger partial charge in [-0.05, 0) is 18.2 Å². The fourth-order valence-electron chi connectivity index (χ4n) is 2.15. The third-order valence-corrected chi connectivity index (χ3v) is 3.09. The predicted octanol–water partition coefficient (Wildman–Crippen LogP) is 0.0192. The number of amides is 3. The summed E-state index contributed by atoms with van der Waals surface area (Å²) in [6.07, 6.45) is 0.0319. The molecule has 1 aliphatic heterocycles. The van der Waals surface area contributed by atoms with Crippen molar-refractivity contribution >= 4 is 23.4 Å². The van der Waals surface area contributed by atoms with E-state index in [1.165, 1.54) is 6.92 Å². The Hall–Kier alpha value is -2.41. The van der Waals surface area contributed by atoms with E-state index in [1.807, 2.05) is 0 Å². The molecule has 112 valence electrons. The Morgan fingerprint density at radius 3 is 2.57 bits per heavy atom. The van der Waals surface area contributed by atoms with E-state index < -0.39 is 11.4 Å². The Morgan fingerprint density at radius 2 is 2.05 bits per heavy atom. The highest BCUT2D eigenvalue weighted by Gasteiger charge is 2.41. The van der Waals surface area contributed by atoms with Crippen LogP contribution in [0, 0.1) is 0 Å². The second-order valence-electron chi connectivity index (χ2n) is 5.13. The highest BCUT2D eigenvalue weighted by atomic mass is 16.5. The van der Waals surface area contributed by atoms with Gasteiger partial charge in [-0.25, -0.2) is 0 Å². The molecule has 2 rings (SSSR count). The molecule has 1 fully saturated rings. The molecule has 1 heterocycles. The summed E-state index contributed by atoms with van der Waals surface area (Å²) >= 11 is 0. The minimum Gasteiger partial charge on any atom is -0.376 e. The number of nitrogens with one attached hydrogen (secondary N) is 2. The number of rotatable bonds is 5. The normalized spacial score (nSPS) is 15.7. The van der Waals surface area contributed by atoms with Crippen LogP contribution in [0.4, 0.5) is 5.69 Å². The van der Waals surface area contributed by atoms with Gasteiger partial charge in [0.1, 0.15) is 0 Å². The first-order chi connectivity index (χ1) is 9.90. The third-order valence-electron chi connectivity index (χ3n) is 3.09. The van der Waals surface area contributed by atoms with Crippen LogP contribution in [-0.4, -0.2) is 36.5 Å². The van der Waals surface area contributed by atoms with Crippen LogP contribution in [0.25, 0.3) is 0 Å². The number of hydrogen-bond acceptors (Lipinski definition) is 4. The van der Waals surface area contributed by atoms with Crippen molar-refractivity contribution in [3.8, 4) is 0 Å². The van der Waals surface area contributed by atoms with Crippen LogP contribution in [0.5, 0.6) is 0 Å². The number of nitrogens with two attached hydrogens (primary N) is 1. The highest BCUT2D eigenvalue weighted by Crippen LogP contribution is 2.22. The molecule has 7 nitrogen and oxygen atoms in total. The number of carbonyl (C=O) groups is 3. The molecule has 1 aliphatic rings. The molecule has 0 aromatic heterocycles. The smallest absolute Gasteiger partial charge is 0.251 e. The van der Waals surface area contributed by atoms with E-state index >= 15 is 0 Å². The second-order valence-corrected chi connectivity index (χ2v) is 5.13. The second kappa shape index (κ2) is 5.92. The van der Waals surface area contributed by atoms with Crippen molar-refractivity contribution in [1.82, 2.24) is 5.32 Å². The molecule has 1 aromatic rings. The first-order valence-corrected chi connectivity index (χ1v) is 6.46. The summed E-state index contributed by atoms with van der Waals surface area (Å²) in [5.41, 5.74) is 5.38. The average Bonchev–Trinajstić information content (AvgIpc) is 2.35. The van der Waals surface area contributed by atoms with Gasteiger partial charge in [0, 0.05) is 18.2 Å². The van der Waals surface area contributed by atoms with Gasteiger partial charge in [-0.2, -0.15) is 0 Å². The molecule has 1 aromatic carbocycles. The molecule has 4 N–H and O–H groups in total. The van der Waals surface area contributed by atoms with Crippen LogP contribution < -0.4 is 16.4 Å². The minimum absolute atomic E-state index is 0.0319. The summed E-state index contributed by atoms with van der Waals surface area (Å²) in [5, 5.41) is 5.39.